The van der Waals surface area contributed by atoms with Gasteiger partial charge in [-0.25, -0.2) is 4.57 Å². The maximum Gasteiger partial charge on any atom is 0.472 e. The number of carboxylic acids is 1. The van der Waals surface area contributed by atoms with Crippen LogP contribution in [0, 0.1) is 0 Å². The lowest BCUT2D eigenvalue weighted by atomic mass is 10.1. The van der Waals surface area contributed by atoms with E-state index in [2.05, 4.69) is 54.8 Å². The summed E-state index contributed by atoms with van der Waals surface area (Å²) < 4.78 is 32.6. The molecule has 1 unspecified atom stereocenters. The van der Waals surface area contributed by atoms with E-state index in [0.717, 1.165) is 64.2 Å². The summed E-state index contributed by atoms with van der Waals surface area (Å²) in [5.41, 5.74) is 5.32. The van der Waals surface area contributed by atoms with Gasteiger partial charge in [0.05, 0.1) is 13.2 Å². The number of carbonyl (C=O) groups excluding carboxylic acids is 2. The largest absolute Gasteiger partial charge is 0.480 e. The number of aliphatic carboxylic acids is 1. The highest BCUT2D eigenvalue weighted by atomic mass is 31.2. The van der Waals surface area contributed by atoms with Crippen molar-refractivity contribution in [2.24, 2.45) is 5.73 Å². The second-order valence-corrected chi connectivity index (χ2v) is 15.2. The molecule has 0 aromatic heterocycles. The quantitative estimate of drug-likeness (QED) is 0.0236. The number of esters is 2. The predicted molar refractivity (Wildman–Crippen MR) is 212 cm³/mol. The number of phosphoric acid groups is 1. The van der Waals surface area contributed by atoms with E-state index >= 15 is 0 Å². The van der Waals surface area contributed by atoms with Crippen molar-refractivity contribution in [1.29, 1.82) is 0 Å². The molecular weight excluding hydrogens is 697 g/mol. The van der Waals surface area contributed by atoms with Crippen molar-refractivity contribution < 1.29 is 47.5 Å². The number of carboxylic acid groups (broad SMARTS) is 1. The summed E-state index contributed by atoms with van der Waals surface area (Å²) in [7, 11) is -4.71. The van der Waals surface area contributed by atoms with Gasteiger partial charge >= 0.3 is 25.7 Å². The van der Waals surface area contributed by atoms with E-state index in [4.69, 9.17) is 24.8 Å². The monoisotopic (exact) mass is 772 g/mol. The van der Waals surface area contributed by atoms with Crippen molar-refractivity contribution in [1.82, 2.24) is 0 Å². The van der Waals surface area contributed by atoms with Gasteiger partial charge < -0.3 is 25.2 Å². The van der Waals surface area contributed by atoms with Gasteiger partial charge in [-0.15, -0.1) is 0 Å². The third-order valence-corrected chi connectivity index (χ3v) is 9.56. The smallest absolute Gasteiger partial charge is 0.472 e. The number of ether oxygens (including phenoxy) is 2. The van der Waals surface area contributed by atoms with E-state index in [9.17, 15) is 23.8 Å². The third kappa shape index (κ3) is 36.4. The molecule has 0 aliphatic heterocycles. The van der Waals surface area contributed by atoms with E-state index < -0.39 is 51.1 Å². The maximum absolute atomic E-state index is 12.6. The molecule has 11 nitrogen and oxygen atoms in total. The van der Waals surface area contributed by atoms with Crippen molar-refractivity contribution >= 4 is 25.7 Å². The second kappa shape index (κ2) is 36.7. The number of hydrogen-bond acceptors (Lipinski definition) is 9. The highest BCUT2D eigenvalue weighted by molar-refractivity contribution is 7.47. The number of allylic oxidation sites excluding steroid dienone is 6. The van der Waals surface area contributed by atoms with Crippen LogP contribution in [0.15, 0.2) is 36.5 Å². The summed E-state index contributed by atoms with van der Waals surface area (Å²) in [5, 5.41) is 8.87. The maximum atomic E-state index is 12.6. The first-order chi connectivity index (χ1) is 25.6. The Morgan fingerprint density at radius 3 is 1.49 bits per heavy atom. The van der Waals surface area contributed by atoms with Crippen LogP contribution in [0.3, 0.4) is 0 Å². The summed E-state index contributed by atoms with van der Waals surface area (Å²) in [4.78, 5) is 45.8. The molecule has 12 heteroatoms. The van der Waals surface area contributed by atoms with Crippen LogP contribution >= 0.6 is 7.82 Å². The molecule has 3 atom stereocenters. The molecule has 308 valence electrons. The van der Waals surface area contributed by atoms with E-state index in [0.29, 0.717) is 12.8 Å². The Bertz CT molecular complexity index is 1050. The first-order valence-electron chi connectivity index (χ1n) is 20.5. The Morgan fingerprint density at radius 1 is 0.585 bits per heavy atom. The molecule has 0 rings (SSSR count). The Balaban J connectivity index is 4.42. The Labute approximate surface area is 321 Å². The summed E-state index contributed by atoms with van der Waals surface area (Å²) in [6.07, 6.45) is 37.8. The van der Waals surface area contributed by atoms with Crippen LogP contribution in [0.5, 0.6) is 0 Å². The van der Waals surface area contributed by atoms with Crippen molar-refractivity contribution in [3.05, 3.63) is 36.5 Å². The van der Waals surface area contributed by atoms with Crippen molar-refractivity contribution in [2.75, 3.05) is 19.8 Å². The standard InChI is InChI=1S/C41H74NO10P/c1-3-5-7-9-11-13-15-17-19-21-23-25-27-29-31-33-40(44)52-37(35-50-53(47,48)51-36-38(42)41(45)46)34-49-39(43)32-30-28-26-24-22-20-18-16-14-12-10-8-6-4-2/h9-12,16,18,37-38H,3-8,13-15,17,19-36,42H2,1-2H3,(H,45,46)(H,47,48)/b11-9+,12-10+,18-16+/t37-,38+/m1/s1. The second-order valence-electron chi connectivity index (χ2n) is 13.8. The van der Waals surface area contributed by atoms with Crippen LogP contribution in [-0.4, -0.2) is 59.9 Å². The molecule has 0 spiro atoms. The lowest BCUT2D eigenvalue weighted by Gasteiger charge is -2.20. The molecule has 0 aliphatic carbocycles. The van der Waals surface area contributed by atoms with Crippen molar-refractivity contribution in [2.45, 2.75) is 187 Å². The summed E-state index contributed by atoms with van der Waals surface area (Å²) >= 11 is 0. The molecule has 0 radical (unpaired) electrons. The molecule has 0 fully saturated rings. The first kappa shape index (κ1) is 50.7. The Hall–Kier alpha value is -2.30. The van der Waals surface area contributed by atoms with E-state index in [1.807, 2.05) is 0 Å². The molecule has 0 aromatic carbocycles. The number of unbranched alkanes of at least 4 members (excludes halogenated alkanes) is 18. The molecule has 0 aromatic rings. The summed E-state index contributed by atoms with van der Waals surface area (Å²) in [6.45, 7) is 2.71. The zero-order chi connectivity index (χ0) is 39.3. The molecule has 0 saturated carbocycles. The number of phosphoric ester groups is 1. The minimum Gasteiger partial charge on any atom is -0.480 e. The average Bonchev–Trinajstić information content (AvgIpc) is 3.13. The molecule has 0 saturated heterocycles. The lowest BCUT2D eigenvalue weighted by molar-refractivity contribution is -0.161. The number of hydrogen-bond donors (Lipinski definition) is 3. The molecule has 0 heterocycles. The number of rotatable bonds is 38. The zero-order valence-corrected chi connectivity index (χ0v) is 34.0. The van der Waals surface area contributed by atoms with Crippen LogP contribution in [0.1, 0.15) is 174 Å². The lowest BCUT2D eigenvalue weighted by Crippen LogP contribution is -2.34. The minimum atomic E-state index is -4.71. The van der Waals surface area contributed by atoms with Gasteiger partial charge in [-0.3, -0.25) is 23.4 Å². The van der Waals surface area contributed by atoms with Gasteiger partial charge in [0.15, 0.2) is 6.10 Å². The van der Waals surface area contributed by atoms with Crippen LogP contribution < -0.4 is 5.73 Å². The van der Waals surface area contributed by atoms with Gasteiger partial charge in [0.1, 0.15) is 12.6 Å². The minimum absolute atomic E-state index is 0.156. The van der Waals surface area contributed by atoms with Crippen LogP contribution in [0.25, 0.3) is 0 Å². The van der Waals surface area contributed by atoms with E-state index in [1.54, 1.807) is 0 Å². The molecule has 4 N–H and O–H groups in total. The van der Waals surface area contributed by atoms with E-state index in [1.165, 1.54) is 70.6 Å². The SMILES string of the molecule is CCCC/C=C/C/C=C/CCCCCCCC(=O)OC[C@H](COP(=O)(O)OC[C@H](N)C(=O)O)OC(=O)CCCCCCCCCCC/C=C/CCCC. The fraction of sp³-hybridized carbons (Fsp3) is 0.780. The molecule has 0 amide bonds. The Morgan fingerprint density at radius 2 is 1.00 bits per heavy atom. The molecule has 53 heavy (non-hydrogen) atoms. The van der Waals surface area contributed by atoms with Gasteiger partial charge in [0, 0.05) is 12.8 Å². The van der Waals surface area contributed by atoms with Crippen molar-refractivity contribution in [3.8, 4) is 0 Å². The molecule has 0 bridgehead atoms. The fourth-order valence-electron chi connectivity index (χ4n) is 5.30. The zero-order valence-electron chi connectivity index (χ0n) is 33.1. The number of nitrogens with two attached hydrogens (primary N) is 1. The number of carbonyl (C=O) groups is 3. The van der Waals surface area contributed by atoms with Crippen molar-refractivity contribution in [3.63, 3.8) is 0 Å². The third-order valence-electron chi connectivity index (χ3n) is 8.61. The van der Waals surface area contributed by atoms with Crippen LogP contribution in [-0.2, 0) is 37.5 Å². The topological polar surface area (TPSA) is 172 Å². The summed E-state index contributed by atoms with van der Waals surface area (Å²) in [5.74, 6) is -2.40. The first-order valence-corrected chi connectivity index (χ1v) is 22.0. The van der Waals surface area contributed by atoms with Gasteiger partial charge in [-0.1, -0.05) is 140 Å². The van der Waals surface area contributed by atoms with Crippen LogP contribution in [0.4, 0.5) is 0 Å². The predicted octanol–water partition coefficient (Wildman–Crippen LogP) is 10.4. The highest BCUT2D eigenvalue weighted by Crippen LogP contribution is 2.43. The Kier molecular flexibility index (Phi) is 35.1. The molecule has 0 aliphatic rings. The average molecular weight is 772 g/mol. The molecular formula is C41H74NO10P. The van der Waals surface area contributed by atoms with Gasteiger partial charge in [0.2, 0.25) is 0 Å². The normalized spacial score (nSPS) is 14.2. The van der Waals surface area contributed by atoms with Gasteiger partial charge in [-0.2, -0.15) is 0 Å². The van der Waals surface area contributed by atoms with Crippen LogP contribution in [0.2, 0.25) is 0 Å². The van der Waals surface area contributed by atoms with Gasteiger partial charge in [0.25, 0.3) is 0 Å². The summed E-state index contributed by atoms with van der Waals surface area (Å²) in [6, 6.07) is -1.52. The van der Waals surface area contributed by atoms with Gasteiger partial charge in [-0.05, 0) is 57.8 Å². The van der Waals surface area contributed by atoms with E-state index in [-0.39, 0.29) is 19.4 Å². The highest BCUT2D eigenvalue weighted by Gasteiger charge is 2.28. The fourth-order valence-corrected chi connectivity index (χ4v) is 6.07.